The highest BCUT2D eigenvalue weighted by molar-refractivity contribution is 7.99. The summed E-state index contributed by atoms with van der Waals surface area (Å²) < 4.78 is 0. The predicted octanol–water partition coefficient (Wildman–Crippen LogP) is 2.91. The van der Waals surface area contributed by atoms with Crippen molar-refractivity contribution < 1.29 is 0 Å². The van der Waals surface area contributed by atoms with E-state index in [4.69, 9.17) is 10.5 Å². The molecule has 18 heavy (non-hydrogen) atoms. The molecule has 0 amide bonds. The first-order valence-corrected chi connectivity index (χ1v) is 7.08. The molecule has 0 aliphatic rings. The number of rotatable bonds is 7. The van der Waals surface area contributed by atoms with Gasteiger partial charge in [-0.1, -0.05) is 13.3 Å². The summed E-state index contributed by atoms with van der Waals surface area (Å²) in [6.07, 6.45) is 2.42. The summed E-state index contributed by atoms with van der Waals surface area (Å²) in [6.45, 7) is 4.21. The Morgan fingerprint density at radius 2 is 1.94 bits per heavy atom. The van der Waals surface area contributed by atoms with Gasteiger partial charge in [-0.3, -0.25) is 0 Å². The van der Waals surface area contributed by atoms with Crippen molar-refractivity contribution in [2.75, 3.05) is 18.8 Å². The molecule has 0 bridgehead atoms. The largest absolute Gasteiger partial charge is 0.316 e. The third-order valence-electron chi connectivity index (χ3n) is 2.49. The zero-order chi connectivity index (χ0) is 13.2. The van der Waals surface area contributed by atoms with E-state index in [-0.39, 0.29) is 0 Å². The predicted molar refractivity (Wildman–Crippen MR) is 74.4 cm³/mol. The first kappa shape index (κ1) is 14.6. The third kappa shape index (κ3) is 4.79. The van der Waals surface area contributed by atoms with Crippen molar-refractivity contribution in [2.45, 2.75) is 24.7 Å². The topological polar surface area (TPSA) is 59.6 Å². The zero-order valence-electron chi connectivity index (χ0n) is 10.6. The first-order valence-electron chi connectivity index (χ1n) is 6.09. The Balaban J connectivity index is 2.40. The molecule has 0 unspecified atom stereocenters. The van der Waals surface area contributed by atoms with Crippen LogP contribution in [0.25, 0.3) is 0 Å². The molecule has 1 rings (SSSR count). The Bertz CT molecular complexity index is 457. The molecule has 0 spiro atoms. The van der Waals surface area contributed by atoms with Crippen LogP contribution in [-0.4, -0.2) is 18.8 Å². The Morgan fingerprint density at radius 1 is 1.17 bits per heavy atom. The van der Waals surface area contributed by atoms with Gasteiger partial charge in [0, 0.05) is 17.2 Å². The van der Waals surface area contributed by atoms with Gasteiger partial charge in [0.15, 0.2) is 0 Å². The van der Waals surface area contributed by atoms with Crippen LogP contribution in [0.15, 0.2) is 23.1 Å². The highest BCUT2D eigenvalue weighted by atomic mass is 32.2. The minimum absolute atomic E-state index is 0.447. The SMILES string of the molecule is CCCCNCCSc1ccc(C#N)c(C#N)c1. The van der Waals surface area contributed by atoms with Gasteiger partial charge in [-0.2, -0.15) is 10.5 Å². The van der Waals surface area contributed by atoms with Crippen LogP contribution in [0.5, 0.6) is 0 Å². The van der Waals surface area contributed by atoms with Crippen molar-refractivity contribution in [2.24, 2.45) is 0 Å². The molecule has 0 fully saturated rings. The lowest BCUT2D eigenvalue weighted by atomic mass is 10.1. The standard InChI is InChI=1S/C14H17N3S/c1-2-3-6-17-7-8-18-14-5-4-12(10-15)13(9-14)11-16/h4-5,9,17H,2-3,6-8H2,1H3. The number of hydrogen-bond donors (Lipinski definition) is 1. The van der Waals surface area contributed by atoms with E-state index < -0.39 is 0 Å². The third-order valence-corrected chi connectivity index (χ3v) is 3.48. The number of nitriles is 2. The van der Waals surface area contributed by atoms with Gasteiger partial charge in [-0.15, -0.1) is 11.8 Å². The zero-order valence-corrected chi connectivity index (χ0v) is 11.4. The Morgan fingerprint density at radius 3 is 2.61 bits per heavy atom. The van der Waals surface area contributed by atoms with Gasteiger partial charge < -0.3 is 5.32 Å². The van der Waals surface area contributed by atoms with Crippen LogP contribution in [0.1, 0.15) is 30.9 Å². The fourth-order valence-corrected chi connectivity index (χ4v) is 2.32. The van der Waals surface area contributed by atoms with Crippen LogP contribution in [0.2, 0.25) is 0 Å². The van der Waals surface area contributed by atoms with Gasteiger partial charge in [0.05, 0.1) is 11.1 Å². The molecule has 1 aromatic rings. The lowest BCUT2D eigenvalue weighted by Crippen LogP contribution is -2.18. The van der Waals surface area contributed by atoms with Crippen LogP contribution in [0, 0.1) is 22.7 Å². The highest BCUT2D eigenvalue weighted by Crippen LogP contribution is 2.20. The highest BCUT2D eigenvalue weighted by Gasteiger charge is 2.02. The molecule has 0 saturated carbocycles. The molecule has 1 aromatic carbocycles. The molecule has 0 radical (unpaired) electrons. The first-order chi connectivity index (χ1) is 8.81. The van der Waals surface area contributed by atoms with Crippen LogP contribution in [-0.2, 0) is 0 Å². The van der Waals surface area contributed by atoms with Gasteiger partial charge >= 0.3 is 0 Å². The maximum atomic E-state index is 8.92. The van der Waals surface area contributed by atoms with Crippen molar-refractivity contribution in [3.63, 3.8) is 0 Å². The smallest absolute Gasteiger partial charge is 0.101 e. The molecule has 4 heteroatoms. The molecule has 0 saturated heterocycles. The van der Waals surface area contributed by atoms with Gasteiger partial charge in [0.1, 0.15) is 12.1 Å². The van der Waals surface area contributed by atoms with E-state index in [2.05, 4.69) is 18.3 Å². The molecule has 0 aliphatic carbocycles. The fraction of sp³-hybridized carbons (Fsp3) is 0.429. The number of nitrogens with zero attached hydrogens (tertiary/aromatic N) is 2. The molecule has 0 aliphatic heterocycles. The normalized spacial score (nSPS) is 9.72. The monoisotopic (exact) mass is 259 g/mol. The van der Waals surface area contributed by atoms with Crippen molar-refractivity contribution in [3.05, 3.63) is 29.3 Å². The van der Waals surface area contributed by atoms with Gasteiger partial charge in [0.2, 0.25) is 0 Å². The van der Waals surface area contributed by atoms with Crippen LogP contribution >= 0.6 is 11.8 Å². The number of thioether (sulfide) groups is 1. The summed E-state index contributed by atoms with van der Waals surface area (Å²) in [6, 6.07) is 9.47. The van der Waals surface area contributed by atoms with Crippen LogP contribution < -0.4 is 5.32 Å². The van der Waals surface area contributed by atoms with Gasteiger partial charge in [0.25, 0.3) is 0 Å². The van der Waals surface area contributed by atoms with Crippen molar-refractivity contribution in [3.8, 4) is 12.1 Å². The van der Waals surface area contributed by atoms with Crippen LogP contribution in [0.3, 0.4) is 0 Å². The number of benzene rings is 1. The second-order valence-electron chi connectivity index (χ2n) is 3.88. The lowest BCUT2D eigenvalue weighted by molar-refractivity contribution is 0.666. The molecule has 0 aromatic heterocycles. The van der Waals surface area contributed by atoms with Gasteiger partial charge in [-0.25, -0.2) is 0 Å². The fourth-order valence-electron chi connectivity index (χ4n) is 1.47. The minimum atomic E-state index is 0.447. The van der Waals surface area contributed by atoms with E-state index in [1.807, 2.05) is 12.1 Å². The summed E-state index contributed by atoms with van der Waals surface area (Å²) in [5.41, 5.74) is 0.907. The molecule has 3 nitrogen and oxygen atoms in total. The molecule has 94 valence electrons. The summed E-state index contributed by atoms with van der Waals surface area (Å²) in [5, 5.41) is 21.1. The van der Waals surface area contributed by atoms with E-state index in [0.29, 0.717) is 11.1 Å². The Kier molecular flexibility index (Phi) is 6.94. The lowest BCUT2D eigenvalue weighted by Gasteiger charge is -2.04. The molecule has 0 heterocycles. The van der Waals surface area contributed by atoms with E-state index in [1.165, 1.54) is 12.8 Å². The number of unbranched alkanes of at least 4 members (excludes halogenated alkanes) is 1. The maximum absolute atomic E-state index is 8.92. The second-order valence-corrected chi connectivity index (χ2v) is 5.05. The Hall–Kier alpha value is -1.49. The minimum Gasteiger partial charge on any atom is -0.316 e. The van der Waals surface area contributed by atoms with Crippen molar-refractivity contribution in [1.82, 2.24) is 5.32 Å². The van der Waals surface area contributed by atoms with E-state index in [1.54, 1.807) is 23.9 Å². The maximum Gasteiger partial charge on any atom is 0.101 e. The summed E-state index contributed by atoms with van der Waals surface area (Å²) in [4.78, 5) is 1.04. The van der Waals surface area contributed by atoms with Crippen molar-refractivity contribution >= 4 is 11.8 Å². The average Bonchev–Trinajstić information content (AvgIpc) is 2.42. The molecular weight excluding hydrogens is 242 g/mol. The van der Waals surface area contributed by atoms with E-state index in [9.17, 15) is 0 Å². The van der Waals surface area contributed by atoms with Crippen molar-refractivity contribution in [1.29, 1.82) is 10.5 Å². The average molecular weight is 259 g/mol. The molecule has 1 N–H and O–H groups in total. The summed E-state index contributed by atoms with van der Waals surface area (Å²) in [5.74, 6) is 0.973. The second kappa shape index (κ2) is 8.58. The molecular formula is C14H17N3S. The summed E-state index contributed by atoms with van der Waals surface area (Å²) in [7, 11) is 0. The quantitative estimate of drug-likeness (QED) is 0.604. The number of hydrogen-bond acceptors (Lipinski definition) is 4. The van der Waals surface area contributed by atoms with Crippen LogP contribution in [0.4, 0.5) is 0 Å². The van der Waals surface area contributed by atoms with E-state index >= 15 is 0 Å². The van der Waals surface area contributed by atoms with Gasteiger partial charge in [-0.05, 0) is 31.2 Å². The number of nitrogens with one attached hydrogen (secondary N) is 1. The van der Waals surface area contributed by atoms with E-state index in [0.717, 1.165) is 23.7 Å². The summed E-state index contributed by atoms with van der Waals surface area (Å²) >= 11 is 1.70. The molecule has 0 atom stereocenters. The Labute approximate surface area is 113 Å².